The van der Waals surface area contributed by atoms with Gasteiger partial charge in [-0.3, -0.25) is 0 Å². The molecule has 0 saturated heterocycles. The quantitative estimate of drug-likeness (QED) is 0.758. The van der Waals surface area contributed by atoms with E-state index in [-0.39, 0.29) is 11.9 Å². The third-order valence-electron chi connectivity index (χ3n) is 3.46. The van der Waals surface area contributed by atoms with Crippen LogP contribution >= 0.6 is 11.6 Å². The number of hydrogen-bond donors (Lipinski definition) is 1. The third kappa shape index (κ3) is 4.83. The average Bonchev–Trinajstić information content (AvgIpc) is 2.47. The molecule has 1 nitrogen and oxygen atoms in total. The van der Waals surface area contributed by atoms with Gasteiger partial charge in [0.2, 0.25) is 0 Å². The van der Waals surface area contributed by atoms with Crippen molar-refractivity contribution in [2.24, 2.45) is 5.92 Å². The molecule has 0 spiro atoms. The van der Waals surface area contributed by atoms with Gasteiger partial charge in [0.15, 0.2) is 0 Å². The minimum Gasteiger partial charge on any atom is -0.306 e. The molecule has 0 radical (unpaired) electrons. The lowest BCUT2D eigenvalue weighted by molar-refractivity contribution is 0.424. The molecule has 0 heterocycles. The van der Waals surface area contributed by atoms with Crippen LogP contribution in [0.4, 0.5) is 4.39 Å². The molecule has 0 amide bonds. The van der Waals surface area contributed by atoms with Crippen molar-refractivity contribution in [1.29, 1.82) is 0 Å². The molecule has 0 aliphatic rings. The highest BCUT2D eigenvalue weighted by molar-refractivity contribution is 6.30. The summed E-state index contributed by atoms with van der Waals surface area (Å²) in [5.74, 6) is 0.343. The van der Waals surface area contributed by atoms with E-state index in [2.05, 4.69) is 31.3 Å². The van der Waals surface area contributed by atoms with Gasteiger partial charge in [-0.05, 0) is 36.1 Å². The van der Waals surface area contributed by atoms with Gasteiger partial charge < -0.3 is 5.32 Å². The summed E-state index contributed by atoms with van der Waals surface area (Å²) in [6.07, 6.45) is 1.01. The van der Waals surface area contributed by atoms with E-state index in [4.69, 9.17) is 11.6 Å². The molecule has 112 valence electrons. The summed E-state index contributed by atoms with van der Waals surface area (Å²) in [7, 11) is 0. The van der Waals surface area contributed by atoms with Crippen LogP contribution in [0.5, 0.6) is 0 Å². The highest BCUT2D eigenvalue weighted by atomic mass is 35.5. The van der Waals surface area contributed by atoms with Gasteiger partial charge >= 0.3 is 0 Å². The first-order valence-electron chi connectivity index (χ1n) is 7.28. The SMILES string of the molecule is CC(C)CC(NCc1cc(Cl)ccc1F)c1ccccc1. The van der Waals surface area contributed by atoms with Crippen LogP contribution in [0.25, 0.3) is 0 Å². The van der Waals surface area contributed by atoms with Crippen LogP contribution < -0.4 is 5.32 Å². The first kappa shape index (κ1) is 16.0. The molecule has 0 bridgehead atoms. The van der Waals surface area contributed by atoms with Crippen LogP contribution in [0.2, 0.25) is 5.02 Å². The zero-order valence-electron chi connectivity index (χ0n) is 12.4. The van der Waals surface area contributed by atoms with E-state index >= 15 is 0 Å². The first-order valence-corrected chi connectivity index (χ1v) is 7.66. The Labute approximate surface area is 131 Å². The van der Waals surface area contributed by atoms with E-state index in [1.807, 2.05) is 18.2 Å². The molecule has 0 aliphatic carbocycles. The van der Waals surface area contributed by atoms with Crippen molar-refractivity contribution in [1.82, 2.24) is 5.32 Å². The zero-order valence-corrected chi connectivity index (χ0v) is 13.2. The molecule has 0 saturated carbocycles. The van der Waals surface area contributed by atoms with Crippen LogP contribution in [0, 0.1) is 11.7 Å². The standard InChI is InChI=1S/C18H21ClFN/c1-13(2)10-18(14-6-4-3-5-7-14)21-12-15-11-16(19)8-9-17(15)20/h3-9,11,13,18,21H,10,12H2,1-2H3. The summed E-state index contributed by atoms with van der Waals surface area (Å²) in [6, 6.07) is 15.2. The van der Waals surface area contributed by atoms with Crippen molar-refractivity contribution in [3.05, 3.63) is 70.5 Å². The molecule has 1 N–H and O–H groups in total. The van der Waals surface area contributed by atoms with Crippen molar-refractivity contribution in [2.75, 3.05) is 0 Å². The lowest BCUT2D eigenvalue weighted by Crippen LogP contribution is -2.23. The van der Waals surface area contributed by atoms with Crippen LogP contribution in [-0.4, -0.2) is 0 Å². The van der Waals surface area contributed by atoms with Crippen LogP contribution in [0.3, 0.4) is 0 Å². The molecule has 2 aromatic rings. The molecule has 2 aromatic carbocycles. The van der Waals surface area contributed by atoms with Gasteiger partial charge in [0, 0.05) is 23.2 Å². The molecule has 1 unspecified atom stereocenters. The maximum atomic E-state index is 13.8. The van der Waals surface area contributed by atoms with Crippen molar-refractivity contribution in [2.45, 2.75) is 32.9 Å². The maximum absolute atomic E-state index is 13.8. The topological polar surface area (TPSA) is 12.0 Å². The summed E-state index contributed by atoms with van der Waals surface area (Å²) in [5.41, 5.74) is 1.83. The van der Waals surface area contributed by atoms with E-state index in [1.54, 1.807) is 12.1 Å². The van der Waals surface area contributed by atoms with E-state index < -0.39 is 0 Å². The number of benzene rings is 2. The van der Waals surface area contributed by atoms with E-state index in [9.17, 15) is 4.39 Å². The lowest BCUT2D eigenvalue weighted by atomic mass is 9.97. The highest BCUT2D eigenvalue weighted by Gasteiger charge is 2.13. The summed E-state index contributed by atoms with van der Waals surface area (Å²) in [6.45, 7) is 4.86. The lowest BCUT2D eigenvalue weighted by Gasteiger charge is -2.21. The highest BCUT2D eigenvalue weighted by Crippen LogP contribution is 2.22. The second-order valence-corrected chi connectivity index (χ2v) is 6.15. The zero-order chi connectivity index (χ0) is 15.2. The Morgan fingerprint density at radius 1 is 1.10 bits per heavy atom. The summed E-state index contributed by atoms with van der Waals surface area (Å²) in [5, 5.41) is 4.02. The Morgan fingerprint density at radius 2 is 1.81 bits per heavy atom. The fourth-order valence-corrected chi connectivity index (χ4v) is 2.60. The van der Waals surface area contributed by atoms with Gasteiger partial charge in [0.05, 0.1) is 0 Å². The smallest absolute Gasteiger partial charge is 0.127 e. The van der Waals surface area contributed by atoms with Gasteiger partial charge in [0.1, 0.15) is 5.82 Å². The van der Waals surface area contributed by atoms with Gasteiger partial charge in [0.25, 0.3) is 0 Å². The fourth-order valence-electron chi connectivity index (χ4n) is 2.41. The van der Waals surface area contributed by atoms with E-state index in [0.717, 1.165) is 6.42 Å². The molecule has 21 heavy (non-hydrogen) atoms. The van der Waals surface area contributed by atoms with Crippen LogP contribution in [0.1, 0.15) is 37.4 Å². The second kappa shape index (κ2) is 7.58. The van der Waals surface area contributed by atoms with Crippen LogP contribution in [0.15, 0.2) is 48.5 Å². The number of halogens is 2. The monoisotopic (exact) mass is 305 g/mol. The van der Waals surface area contributed by atoms with Gasteiger partial charge in [-0.25, -0.2) is 4.39 Å². The molecule has 1 atom stereocenters. The molecule has 0 fully saturated rings. The molecular formula is C18H21ClFN. The van der Waals surface area contributed by atoms with Crippen molar-refractivity contribution >= 4 is 11.6 Å². The minimum absolute atomic E-state index is 0.213. The summed E-state index contributed by atoms with van der Waals surface area (Å²) < 4.78 is 13.8. The molecule has 0 aliphatic heterocycles. The summed E-state index contributed by atoms with van der Waals surface area (Å²) in [4.78, 5) is 0. The first-order chi connectivity index (χ1) is 10.1. The Balaban J connectivity index is 2.10. The maximum Gasteiger partial charge on any atom is 0.127 e. The fraction of sp³-hybridized carbons (Fsp3) is 0.333. The molecule has 2 rings (SSSR count). The Bertz CT molecular complexity index is 569. The Hall–Kier alpha value is -1.38. The van der Waals surface area contributed by atoms with Crippen molar-refractivity contribution in [3.63, 3.8) is 0 Å². The third-order valence-corrected chi connectivity index (χ3v) is 3.69. The predicted molar refractivity (Wildman–Crippen MR) is 86.9 cm³/mol. The molecule has 0 aromatic heterocycles. The van der Waals surface area contributed by atoms with E-state index in [0.29, 0.717) is 23.0 Å². The summed E-state index contributed by atoms with van der Waals surface area (Å²) >= 11 is 5.94. The van der Waals surface area contributed by atoms with Gasteiger partial charge in [-0.15, -0.1) is 0 Å². The Kier molecular flexibility index (Phi) is 5.77. The Morgan fingerprint density at radius 3 is 2.48 bits per heavy atom. The molecular weight excluding hydrogens is 285 g/mol. The average molecular weight is 306 g/mol. The number of rotatable bonds is 6. The largest absolute Gasteiger partial charge is 0.306 e. The van der Waals surface area contributed by atoms with Gasteiger partial charge in [-0.1, -0.05) is 55.8 Å². The van der Waals surface area contributed by atoms with Crippen molar-refractivity contribution in [3.8, 4) is 0 Å². The van der Waals surface area contributed by atoms with Crippen LogP contribution in [-0.2, 0) is 6.54 Å². The number of hydrogen-bond acceptors (Lipinski definition) is 1. The van der Waals surface area contributed by atoms with Gasteiger partial charge in [-0.2, -0.15) is 0 Å². The second-order valence-electron chi connectivity index (χ2n) is 5.71. The minimum atomic E-state index is -0.219. The predicted octanol–water partition coefficient (Wildman–Crippen LogP) is 5.36. The van der Waals surface area contributed by atoms with E-state index in [1.165, 1.54) is 11.6 Å². The number of nitrogens with one attached hydrogen (secondary N) is 1. The van der Waals surface area contributed by atoms with Crippen molar-refractivity contribution < 1.29 is 4.39 Å². The normalized spacial score (nSPS) is 12.6. The molecule has 3 heteroatoms.